The van der Waals surface area contributed by atoms with Crippen LogP contribution < -0.4 is 0 Å². The Balaban J connectivity index is 1.53. The summed E-state index contributed by atoms with van der Waals surface area (Å²) in [6.07, 6.45) is 0. The van der Waals surface area contributed by atoms with Gasteiger partial charge in [-0.3, -0.25) is 9.69 Å². The number of amides is 1. The normalized spacial score (nSPS) is 20.6. The molecule has 0 unspecified atom stereocenters. The lowest BCUT2D eigenvalue weighted by molar-refractivity contribution is -0.0415. The molecule has 0 radical (unpaired) electrons. The molecule has 3 aromatic carbocycles. The third-order valence-electron chi connectivity index (χ3n) is 6.49. The topological polar surface area (TPSA) is 32.8 Å². The number of hydrogen-bond acceptors (Lipinski definition) is 3. The van der Waals surface area contributed by atoms with Crippen LogP contribution in [-0.4, -0.2) is 62.1 Å². The summed E-state index contributed by atoms with van der Waals surface area (Å²) < 4.78 is 19.1. The lowest BCUT2D eigenvalue weighted by atomic mass is 9.75. The van der Waals surface area contributed by atoms with Crippen LogP contribution in [0, 0.1) is 5.82 Å². The highest BCUT2D eigenvalue weighted by atomic mass is 19.1. The minimum atomic E-state index is -0.401. The maximum Gasteiger partial charge on any atom is 0.253 e. The highest BCUT2D eigenvalue weighted by molar-refractivity contribution is 5.94. The summed E-state index contributed by atoms with van der Waals surface area (Å²) in [5, 5.41) is 0. The average molecular weight is 433 g/mol. The van der Waals surface area contributed by atoms with Crippen LogP contribution in [0.5, 0.6) is 0 Å². The van der Waals surface area contributed by atoms with E-state index in [4.69, 9.17) is 4.74 Å². The van der Waals surface area contributed by atoms with Crippen LogP contribution in [-0.2, 0) is 4.74 Å². The zero-order chi connectivity index (χ0) is 22.7. The molecule has 32 heavy (non-hydrogen) atoms. The van der Waals surface area contributed by atoms with Gasteiger partial charge in [-0.2, -0.15) is 0 Å². The van der Waals surface area contributed by atoms with Crippen molar-refractivity contribution in [3.63, 3.8) is 0 Å². The third-order valence-corrected chi connectivity index (χ3v) is 6.49. The van der Waals surface area contributed by atoms with Crippen LogP contribution in [0.25, 0.3) is 11.1 Å². The van der Waals surface area contributed by atoms with Crippen LogP contribution in [0.4, 0.5) is 4.39 Å². The van der Waals surface area contributed by atoms with E-state index < -0.39 is 5.82 Å². The van der Waals surface area contributed by atoms with E-state index >= 15 is 0 Å². The monoisotopic (exact) mass is 432 g/mol. The average Bonchev–Trinajstić information content (AvgIpc) is 2.83. The molecular formula is C27H29FN2O2. The molecule has 0 N–H and O–H groups in total. The van der Waals surface area contributed by atoms with E-state index in [9.17, 15) is 9.18 Å². The van der Waals surface area contributed by atoms with Gasteiger partial charge in [0, 0.05) is 44.3 Å². The molecule has 3 aromatic rings. The van der Waals surface area contributed by atoms with E-state index in [1.807, 2.05) is 18.2 Å². The largest absolute Gasteiger partial charge is 0.383 e. The van der Waals surface area contributed by atoms with Gasteiger partial charge in [-0.1, -0.05) is 60.7 Å². The van der Waals surface area contributed by atoms with Crippen LogP contribution in [0.15, 0.2) is 78.9 Å². The molecule has 1 aliphatic rings. The van der Waals surface area contributed by atoms with Crippen molar-refractivity contribution < 1.29 is 13.9 Å². The highest BCUT2D eigenvalue weighted by Crippen LogP contribution is 2.40. The van der Waals surface area contributed by atoms with Gasteiger partial charge in [0.05, 0.1) is 6.61 Å². The predicted molar refractivity (Wildman–Crippen MR) is 125 cm³/mol. The Morgan fingerprint density at radius 2 is 1.66 bits per heavy atom. The number of likely N-dealkylation sites (N-methyl/N-ethyl adjacent to an activating group) is 2. The Labute approximate surface area is 189 Å². The van der Waals surface area contributed by atoms with Gasteiger partial charge in [0.15, 0.2) is 0 Å². The Hall–Kier alpha value is -3.02. The molecule has 1 heterocycles. The fourth-order valence-electron chi connectivity index (χ4n) is 4.72. The number of hydrogen-bond donors (Lipinski definition) is 0. The number of ether oxygens (including phenoxy) is 1. The second-order valence-corrected chi connectivity index (χ2v) is 8.47. The number of nitrogens with zero attached hydrogens (tertiary/aromatic N) is 2. The van der Waals surface area contributed by atoms with Gasteiger partial charge in [0.2, 0.25) is 0 Å². The van der Waals surface area contributed by atoms with Gasteiger partial charge in [-0.15, -0.1) is 0 Å². The Morgan fingerprint density at radius 3 is 2.31 bits per heavy atom. The maximum absolute atomic E-state index is 13.6. The zero-order valence-electron chi connectivity index (χ0n) is 18.7. The molecule has 3 atom stereocenters. The molecule has 5 heteroatoms. The summed E-state index contributed by atoms with van der Waals surface area (Å²) in [4.78, 5) is 16.8. The van der Waals surface area contributed by atoms with Gasteiger partial charge in [0.1, 0.15) is 5.82 Å². The van der Waals surface area contributed by atoms with E-state index in [1.54, 1.807) is 31.2 Å². The molecule has 1 fully saturated rings. The number of halogens is 1. The zero-order valence-corrected chi connectivity index (χ0v) is 18.7. The van der Waals surface area contributed by atoms with Gasteiger partial charge in [-0.25, -0.2) is 4.39 Å². The molecule has 4 rings (SSSR count). The molecule has 1 aliphatic heterocycles. The number of methoxy groups -OCH3 is 1. The maximum atomic E-state index is 13.6. The first-order valence-corrected chi connectivity index (χ1v) is 10.9. The standard InChI is InChI=1S/C27H29FN2O2/c1-29(27(31)22-10-7-11-23(28)16-22)17-24-26(25(18-32-3)30(24)2)21-14-12-20(13-15-21)19-8-5-4-6-9-19/h4-16,24-26H,17-18H2,1-3H3/t24-,25+,26-/m1/s1. The quantitative estimate of drug-likeness (QED) is 0.544. The Morgan fingerprint density at radius 1 is 0.969 bits per heavy atom. The lowest BCUT2D eigenvalue weighted by Crippen LogP contribution is -2.65. The van der Waals surface area contributed by atoms with E-state index in [1.165, 1.54) is 28.8 Å². The van der Waals surface area contributed by atoms with Crippen molar-refractivity contribution in [3.05, 3.63) is 95.8 Å². The summed E-state index contributed by atoms with van der Waals surface area (Å²) in [6.45, 7) is 1.18. The second kappa shape index (κ2) is 9.63. The van der Waals surface area contributed by atoms with Crippen LogP contribution in [0.1, 0.15) is 21.8 Å². The molecule has 166 valence electrons. The molecular weight excluding hydrogens is 403 g/mol. The van der Waals surface area contributed by atoms with Crippen molar-refractivity contribution in [2.45, 2.75) is 18.0 Å². The van der Waals surface area contributed by atoms with Crippen molar-refractivity contribution in [1.82, 2.24) is 9.80 Å². The molecule has 0 aliphatic carbocycles. The fraction of sp³-hybridized carbons (Fsp3) is 0.296. The molecule has 4 nitrogen and oxygen atoms in total. The third kappa shape index (κ3) is 4.45. The molecule has 0 saturated carbocycles. The van der Waals surface area contributed by atoms with E-state index in [0.29, 0.717) is 18.7 Å². The molecule has 0 aromatic heterocycles. The second-order valence-electron chi connectivity index (χ2n) is 8.47. The lowest BCUT2D eigenvalue weighted by Gasteiger charge is -2.54. The minimum Gasteiger partial charge on any atom is -0.383 e. The van der Waals surface area contributed by atoms with E-state index in [2.05, 4.69) is 48.3 Å². The van der Waals surface area contributed by atoms with Crippen LogP contribution >= 0.6 is 0 Å². The number of likely N-dealkylation sites (tertiary alicyclic amines) is 1. The number of benzene rings is 3. The van der Waals surface area contributed by atoms with Crippen molar-refractivity contribution in [1.29, 1.82) is 0 Å². The summed E-state index contributed by atoms with van der Waals surface area (Å²) >= 11 is 0. The van der Waals surface area contributed by atoms with Crippen molar-refractivity contribution >= 4 is 5.91 Å². The summed E-state index contributed by atoms with van der Waals surface area (Å²) in [5.41, 5.74) is 3.98. The predicted octanol–water partition coefficient (Wildman–Crippen LogP) is 4.68. The van der Waals surface area contributed by atoms with Gasteiger partial charge >= 0.3 is 0 Å². The van der Waals surface area contributed by atoms with E-state index in [-0.39, 0.29) is 23.9 Å². The first-order chi connectivity index (χ1) is 15.5. The number of rotatable bonds is 7. The van der Waals surface area contributed by atoms with Gasteiger partial charge < -0.3 is 9.64 Å². The smallest absolute Gasteiger partial charge is 0.253 e. The first kappa shape index (κ1) is 22.2. The Bertz CT molecular complexity index is 1050. The SMILES string of the molecule is COC[C@H]1[C@H](c2ccc(-c3ccccc3)cc2)[C@@H](CN(C)C(=O)c2cccc(F)c2)N1C. The van der Waals surface area contributed by atoms with Gasteiger partial charge in [0.25, 0.3) is 5.91 Å². The molecule has 0 bridgehead atoms. The van der Waals surface area contributed by atoms with E-state index in [0.717, 1.165) is 0 Å². The fourth-order valence-corrected chi connectivity index (χ4v) is 4.72. The molecule has 1 saturated heterocycles. The van der Waals surface area contributed by atoms with Crippen molar-refractivity contribution in [3.8, 4) is 11.1 Å². The van der Waals surface area contributed by atoms with Crippen molar-refractivity contribution in [2.75, 3.05) is 34.4 Å². The van der Waals surface area contributed by atoms with Crippen LogP contribution in [0.3, 0.4) is 0 Å². The molecule has 1 amide bonds. The summed E-state index contributed by atoms with van der Waals surface area (Å²) in [7, 11) is 5.57. The van der Waals surface area contributed by atoms with Crippen molar-refractivity contribution in [2.24, 2.45) is 0 Å². The van der Waals surface area contributed by atoms with Gasteiger partial charge in [-0.05, 0) is 41.9 Å². The summed E-state index contributed by atoms with van der Waals surface area (Å²) in [6, 6.07) is 25.3. The number of carbonyl (C=O) groups excluding carboxylic acids is 1. The first-order valence-electron chi connectivity index (χ1n) is 10.9. The molecule has 0 spiro atoms. The Kier molecular flexibility index (Phi) is 6.68. The minimum absolute atomic E-state index is 0.153. The highest BCUT2D eigenvalue weighted by Gasteiger charge is 2.47. The van der Waals surface area contributed by atoms with Crippen LogP contribution in [0.2, 0.25) is 0 Å². The number of carbonyl (C=O) groups is 1. The summed E-state index contributed by atoms with van der Waals surface area (Å²) in [5.74, 6) is -0.333.